The summed E-state index contributed by atoms with van der Waals surface area (Å²) in [7, 11) is 1.86. The summed E-state index contributed by atoms with van der Waals surface area (Å²) in [6.07, 6.45) is 2.95. The average Bonchev–Trinajstić information content (AvgIpc) is 2.88. The number of fused-ring (bicyclic) bond motifs is 1. The number of hydrogen-bond acceptors (Lipinski definition) is 4. The second-order valence-corrected chi connectivity index (χ2v) is 4.61. The standard InChI is InChI=1S/C15H17N3O/c1-16-15-9-12(6-7-17-15)18-10-13-8-11-4-2-3-5-14(11)19-13/h2-7,9,13H,8,10H2,1H3,(H2,16,17,18). The number of ether oxygens (including phenoxy) is 1. The lowest BCUT2D eigenvalue weighted by Gasteiger charge is -2.13. The molecule has 4 heteroatoms. The van der Waals surface area contributed by atoms with Crippen molar-refractivity contribution in [3.05, 3.63) is 48.2 Å². The molecule has 1 aromatic heterocycles. The van der Waals surface area contributed by atoms with Crippen molar-refractivity contribution in [2.45, 2.75) is 12.5 Å². The van der Waals surface area contributed by atoms with Crippen LogP contribution in [0.4, 0.5) is 11.5 Å². The molecular formula is C15H17N3O. The third kappa shape index (κ3) is 2.62. The fourth-order valence-corrected chi connectivity index (χ4v) is 2.28. The first-order valence-corrected chi connectivity index (χ1v) is 6.47. The number of nitrogens with one attached hydrogen (secondary N) is 2. The summed E-state index contributed by atoms with van der Waals surface area (Å²) in [6.45, 7) is 0.793. The lowest BCUT2D eigenvalue weighted by molar-refractivity contribution is 0.246. The Morgan fingerprint density at radius 2 is 2.21 bits per heavy atom. The molecular weight excluding hydrogens is 238 g/mol. The van der Waals surface area contributed by atoms with Gasteiger partial charge in [0.1, 0.15) is 17.7 Å². The molecule has 0 bridgehead atoms. The third-order valence-corrected chi connectivity index (χ3v) is 3.26. The molecule has 1 aliphatic rings. The highest BCUT2D eigenvalue weighted by Crippen LogP contribution is 2.28. The molecule has 0 amide bonds. The van der Waals surface area contributed by atoms with Gasteiger partial charge >= 0.3 is 0 Å². The van der Waals surface area contributed by atoms with Crippen molar-refractivity contribution < 1.29 is 4.74 Å². The van der Waals surface area contributed by atoms with Crippen molar-refractivity contribution >= 4 is 11.5 Å². The van der Waals surface area contributed by atoms with E-state index in [1.807, 2.05) is 31.3 Å². The largest absolute Gasteiger partial charge is 0.488 e. The van der Waals surface area contributed by atoms with Crippen molar-refractivity contribution in [2.75, 3.05) is 24.2 Å². The van der Waals surface area contributed by atoms with Crippen molar-refractivity contribution in [1.29, 1.82) is 0 Å². The summed E-state index contributed by atoms with van der Waals surface area (Å²) in [5.74, 6) is 1.88. The van der Waals surface area contributed by atoms with E-state index in [1.54, 1.807) is 6.20 Å². The summed E-state index contributed by atoms with van der Waals surface area (Å²) in [5.41, 5.74) is 2.35. The molecule has 4 nitrogen and oxygen atoms in total. The van der Waals surface area contributed by atoms with Crippen LogP contribution in [0.2, 0.25) is 0 Å². The third-order valence-electron chi connectivity index (χ3n) is 3.26. The van der Waals surface area contributed by atoms with Crippen LogP contribution < -0.4 is 15.4 Å². The summed E-state index contributed by atoms with van der Waals surface area (Å²) in [4.78, 5) is 4.19. The lowest BCUT2D eigenvalue weighted by atomic mass is 10.1. The molecule has 0 fully saturated rings. The van der Waals surface area contributed by atoms with Gasteiger partial charge in [-0.15, -0.1) is 0 Å². The first-order valence-electron chi connectivity index (χ1n) is 6.47. The Morgan fingerprint density at radius 1 is 1.32 bits per heavy atom. The van der Waals surface area contributed by atoms with E-state index in [4.69, 9.17) is 4.74 Å². The van der Waals surface area contributed by atoms with E-state index in [1.165, 1.54) is 5.56 Å². The van der Waals surface area contributed by atoms with Crippen LogP contribution in [0.3, 0.4) is 0 Å². The number of anilines is 2. The van der Waals surface area contributed by atoms with Gasteiger partial charge in [0.25, 0.3) is 0 Å². The Balaban J connectivity index is 1.59. The van der Waals surface area contributed by atoms with Crippen LogP contribution in [-0.2, 0) is 6.42 Å². The summed E-state index contributed by atoms with van der Waals surface area (Å²) >= 11 is 0. The molecule has 1 atom stereocenters. The highest BCUT2D eigenvalue weighted by atomic mass is 16.5. The maximum absolute atomic E-state index is 5.89. The molecule has 0 saturated heterocycles. The predicted octanol–water partition coefficient (Wildman–Crippen LogP) is 2.54. The van der Waals surface area contributed by atoms with Crippen LogP contribution in [0.5, 0.6) is 5.75 Å². The van der Waals surface area contributed by atoms with Gasteiger partial charge in [0.2, 0.25) is 0 Å². The van der Waals surface area contributed by atoms with Gasteiger partial charge in [-0.3, -0.25) is 0 Å². The number of hydrogen-bond donors (Lipinski definition) is 2. The number of nitrogens with zero attached hydrogens (tertiary/aromatic N) is 1. The summed E-state index contributed by atoms with van der Waals surface area (Å²) in [5, 5.41) is 6.42. The van der Waals surface area contributed by atoms with Crippen LogP contribution in [0.25, 0.3) is 0 Å². The Kier molecular flexibility index (Phi) is 3.23. The molecule has 0 aliphatic carbocycles. The van der Waals surface area contributed by atoms with Gasteiger partial charge in [0.05, 0.1) is 6.54 Å². The van der Waals surface area contributed by atoms with Gasteiger partial charge in [0, 0.05) is 31.4 Å². The molecule has 0 radical (unpaired) electrons. The lowest BCUT2D eigenvalue weighted by Crippen LogP contribution is -2.24. The van der Waals surface area contributed by atoms with E-state index in [0.29, 0.717) is 0 Å². The zero-order chi connectivity index (χ0) is 13.1. The first kappa shape index (κ1) is 11.8. The van der Waals surface area contributed by atoms with Crippen LogP contribution in [0.15, 0.2) is 42.6 Å². The molecule has 19 heavy (non-hydrogen) atoms. The van der Waals surface area contributed by atoms with Crippen molar-refractivity contribution in [3.63, 3.8) is 0 Å². The van der Waals surface area contributed by atoms with Gasteiger partial charge in [-0.1, -0.05) is 18.2 Å². The van der Waals surface area contributed by atoms with E-state index in [-0.39, 0.29) is 6.10 Å². The average molecular weight is 255 g/mol. The quantitative estimate of drug-likeness (QED) is 0.881. The molecule has 1 aliphatic heterocycles. The van der Waals surface area contributed by atoms with Crippen LogP contribution >= 0.6 is 0 Å². The van der Waals surface area contributed by atoms with E-state index in [9.17, 15) is 0 Å². The van der Waals surface area contributed by atoms with E-state index >= 15 is 0 Å². The van der Waals surface area contributed by atoms with Gasteiger partial charge < -0.3 is 15.4 Å². The number of para-hydroxylation sites is 1. The monoisotopic (exact) mass is 255 g/mol. The number of aromatic nitrogens is 1. The molecule has 2 heterocycles. The first-order chi connectivity index (χ1) is 9.35. The van der Waals surface area contributed by atoms with Crippen molar-refractivity contribution in [2.24, 2.45) is 0 Å². The Morgan fingerprint density at radius 3 is 3.05 bits per heavy atom. The fraction of sp³-hybridized carbons (Fsp3) is 0.267. The van der Waals surface area contributed by atoms with Gasteiger partial charge in [-0.2, -0.15) is 0 Å². The van der Waals surface area contributed by atoms with Crippen LogP contribution in [-0.4, -0.2) is 24.7 Å². The van der Waals surface area contributed by atoms with E-state index < -0.39 is 0 Å². The molecule has 0 spiro atoms. The van der Waals surface area contributed by atoms with Crippen LogP contribution in [0.1, 0.15) is 5.56 Å². The fourth-order valence-electron chi connectivity index (χ4n) is 2.28. The molecule has 2 aromatic rings. The zero-order valence-electron chi connectivity index (χ0n) is 10.9. The van der Waals surface area contributed by atoms with Gasteiger partial charge in [-0.05, 0) is 17.7 Å². The maximum atomic E-state index is 5.89. The van der Waals surface area contributed by atoms with Crippen molar-refractivity contribution in [1.82, 2.24) is 4.98 Å². The minimum atomic E-state index is 0.198. The van der Waals surface area contributed by atoms with Crippen LogP contribution in [0, 0.1) is 0 Å². The molecule has 1 aromatic carbocycles. The molecule has 98 valence electrons. The maximum Gasteiger partial charge on any atom is 0.127 e. The molecule has 1 unspecified atom stereocenters. The molecule has 2 N–H and O–H groups in total. The normalized spacial score (nSPS) is 16.6. The topological polar surface area (TPSA) is 46.2 Å². The molecule has 0 saturated carbocycles. The number of rotatable bonds is 4. The Labute approximate surface area is 112 Å². The second kappa shape index (κ2) is 5.18. The highest BCUT2D eigenvalue weighted by molar-refractivity contribution is 5.51. The Bertz CT molecular complexity index is 546. The number of benzene rings is 1. The zero-order valence-corrected chi connectivity index (χ0v) is 10.9. The van der Waals surface area contributed by atoms with Crippen molar-refractivity contribution in [3.8, 4) is 5.75 Å². The summed E-state index contributed by atoms with van der Waals surface area (Å²) < 4.78 is 5.89. The highest BCUT2D eigenvalue weighted by Gasteiger charge is 2.21. The number of pyridine rings is 1. The minimum Gasteiger partial charge on any atom is -0.488 e. The minimum absolute atomic E-state index is 0.198. The second-order valence-electron chi connectivity index (χ2n) is 4.61. The van der Waals surface area contributed by atoms with E-state index in [0.717, 1.165) is 30.2 Å². The van der Waals surface area contributed by atoms with Gasteiger partial charge in [-0.25, -0.2) is 4.98 Å². The smallest absolute Gasteiger partial charge is 0.127 e. The SMILES string of the molecule is CNc1cc(NCC2Cc3ccccc3O2)ccn1. The predicted molar refractivity (Wildman–Crippen MR) is 76.8 cm³/mol. The van der Waals surface area contributed by atoms with E-state index in [2.05, 4.69) is 27.8 Å². The van der Waals surface area contributed by atoms with Gasteiger partial charge in [0.15, 0.2) is 0 Å². The summed E-state index contributed by atoms with van der Waals surface area (Å²) in [6, 6.07) is 12.2. The Hall–Kier alpha value is -2.23. The molecule has 3 rings (SSSR count).